The van der Waals surface area contributed by atoms with Crippen LogP contribution in [-0.4, -0.2) is 7.11 Å². The number of ether oxygens (including phenoxy) is 1. The molecule has 2 N–H and O–H groups in total. The fraction of sp³-hybridized carbons (Fsp3) is 0.143. The quantitative estimate of drug-likeness (QED) is 0.851. The monoisotopic (exact) mass is 299 g/mol. The van der Waals surface area contributed by atoms with E-state index < -0.39 is 11.7 Å². The number of alkyl halides is 3. The van der Waals surface area contributed by atoms with Crippen molar-refractivity contribution in [3.05, 3.63) is 48.0 Å². The van der Waals surface area contributed by atoms with Crippen LogP contribution in [0.1, 0.15) is 5.56 Å². The molecule has 2 rings (SSSR count). The summed E-state index contributed by atoms with van der Waals surface area (Å²) in [6.07, 6.45) is -4.44. The highest BCUT2D eigenvalue weighted by Gasteiger charge is 2.34. The van der Waals surface area contributed by atoms with Crippen molar-refractivity contribution < 1.29 is 17.9 Å². The Kier molecular flexibility index (Phi) is 4.13. The molecule has 0 saturated heterocycles. The highest BCUT2D eigenvalue weighted by molar-refractivity contribution is 7.99. The zero-order valence-electron chi connectivity index (χ0n) is 10.6. The number of halogens is 3. The van der Waals surface area contributed by atoms with Crippen molar-refractivity contribution in [1.82, 2.24) is 0 Å². The minimum absolute atomic E-state index is 0.181. The molecule has 0 aliphatic heterocycles. The predicted molar refractivity (Wildman–Crippen MR) is 73.0 cm³/mol. The highest BCUT2D eigenvalue weighted by atomic mass is 32.2. The number of hydrogen-bond donors (Lipinski definition) is 1. The first kappa shape index (κ1) is 14.6. The largest absolute Gasteiger partial charge is 0.496 e. The van der Waals surface area contributed by atoms with Crippen LogP contribution >= 0.6 is 11.8 Å². The lowest BCUT2D eigenvalue weighted by atomic mass is 10.2. The van der Waals surface area contributed by atoms with Crippen LogP contribution in [0.15, 0.2) is 52.3 Å². The second-order valence-corrected chi connectivity index (χ2v) is 5.18. The van der Waals surface area contributed by atoms with Gasteiger partial charge in [-0.25, -0.2) is 0 Å². The summed E-state index contributed by atoms with van der Waals surface area (Å²) in [5, 5.41) is 0. The summed E-state index contributed by atoms with van der Waals surface area (Å²) in [7, 11) is 1.22. The van der Waals surface area contributed by atoms with Gasteiger partial charge in [-0.2, -0.15) is 13.2 Å². The van der Waals surface area contributed by atoms with E-state index in [9.17, 15) is 13.2 Å². The van der Waals surface area contributed by atoms with E-state index in [1.807, 2.05) is 0 Å². The Bertz CT molecular complexity index is 596. The van der Waals surface area contributed by atoms with Gasteiger partial charge in [-0.05, 0) is 42.5 Å². The Hall–Kier alpha value is -1.82. The first-order valence-electron chi connectivity index (χ1n) is 5.69. The standard InChI is InChI=1S/C14H12F3NOS/c1-19-13-7-6-11(8-12(13)14(15,16)17)20-10-4-2-9(18)3-5-10/h2-8H,18H2,1H3. The molecule has 0 aliphatic rings. The molecule has 0 fully saturated rings. The molecule has 0 saturated carbocycles. The van der Waals surface area contributed by atoms with Gasteiger partial charge < -0.3 is 10.5 Å². The van der Waals surface area contributed by atoms with Crippen molar-refractivity contribution in [1.29, 1.82) is 0 Å². The molecule has 0 amide bonds. The SMILES string of the molecule is COc1ccc(Sc2ccc(N)cc2)cc1C(F)(F)F. The van der Waals surface area contributed by atoms with Gasteiger partial charge in [0.25, 0.3) is 0 Å². The average molecular weight is 299 g/mol. The summed E-state index contributed by atoms with van der Waals surface area (Å²) >= 11 is 1.23. The minimum Gasteiger partial charge on any atom is -0.496 e. The maximum atomic E-state index is 12.9. The molecule has 106 valence electrons. The first-order chi connectivity index (χ1) is 9.40. The maximum absolute atomic E-state index is 12.9. The van der Waals surface area contributed by atoms with Gasteiger partial charge in [-0.15, -0.1) is 0 Å². The maximum Gasteiger partial charge on any atom is 0.420 e. The average Bonchev–Trinajstić information content (AvgIpc) is 2.40. The van der Waals surface area contributed by atoms with Gasteiger partial charge in [-0.1, -0.05) is 11.8 Å². The zero-order chi connectivity index (χ0) is 14.8. The Morgan fingerprint density at radius 3 is 2.15 bits per heavy atom. The zero-order valence-corrected chi connectivity index (χ0v) is 11.4. The number of hydrogen-bond acceptors (Lipinski definition) is 3. The van der Waals surface area contributed by atoms with E-state index >= 15 is 0 Å². The van der Waals surface area contributed by atoms with Crippen LogP contribution in [0.5, 0.6) is 5.75 Å². The summed E-state index contributed by atoms with van der Waals surface area (Å²) in [4.78, 5) is 1.31. The minimum atomic E-state index is -4.44. The van der Waals surface area contributed by atoms with Gasteiger partial charge in [-0.3, -0.25) is 0 Å². The van der Waals surface area contributed by atoms with Gasteiger partial charge in [0.15, 0.2) is 0 Å². The van der Waals surface area contributed by atoms with Crippen molar-refractivity contribution in [2.45, 2.75) is 16.0 Å². The van der Waals surface area contributed by atoms with Gasteiger partial charge >= 0.3 is 6.18 Å². The van der Waals surface area contributed by atoms with Crippen molar-refractivity contribution in [2.24, 2.45) is 0 Å². The lowest BCUT2D eigenvalue weighted by Gasteiger charge is -2.13. The smallest absolute Gasteiger partial charge is 0.420 e. The van der Waals surface area contributed by atoms with Crippen LogP contribution in [0.2, 0.25) is 0 Å². The molecule has 0 heterocycles. The number of methoxy groups -OCH3 is 1. The number of benzene rings is 2. The lowest BCUT2D eigenvalue weighted by molar-refractivity contribution is -0.138. The Morgan fingerprint density at radius 2 is 1.60 bits per heavy atom. The van der Waals surface area contributed by atoms with Crippen molar-refractivity contribution in [3.8, 4) is 5.75 Å². The molecule has 2 nitrogen and oxygen atoms in total. The number of anilines is 1. The highest BCUT2D eigenvalue weighted by Crippen LogP contribution is 2.39. The summed E-state index contributed by atoms with van der Waals surface area (Å²) < 4.78 is 43.5. The topological polar surface area (TPSA) is 35.2 Å². The molecule has 0 unspecified atom stereocenters. The third kappa shape index (κ3) is 3.39. The van der Waals surface area contributed by atoms with E-state index in [1.54, 1.807) is 30.3 Å². The van der Waals surface area contributed by atoms with Crippen LogP contribution in [0.3, 0.4) is 0 Å². The number of nitrogen functional groups attached to an aromatic ring is 1. The van der Waals surface area contributed by atoms with Crippen molar-refractivity contribution >= 4 is 17.4 Å². The third-order valence-electron chi connectivity index (χ3n) is 2.59. The van der Waals surface area contributed by atoms with Crippen LogP contribution in [0.4, 0.5) is 18.9 Å². The van der Waals surface area contributed by atoms with Crippen LogP contribution in [0.25, 0.3) is 0 Å². The fourth-order valence-electron chi connectivity index (χ4n) is 1.64. The molecule has 0 spiro atoms. The Morgan fingerprint density at radius 1 is 1.00 bits per heavy atom. The molecule has 0 aliphatic carbocycles. The molecule has 2 aromatic carbocycles. The lowest BCUT2D eigenvalue weighted by Crippen LogP contribution is -2.07. The summed E-state index contributed by atoms with van der Waals surface area (Å²) in [5.41, 5.74) is 5.40. The van der Waals surface area contributed by atoms with Gasteiger partial charge in [0.2, 0.25) is 0 Å². The molecule has 0 aromatic heterocycles. The number of rotatable bonds is 3. The van der Waals surface area contributed by atoms with E-state index in [0.717, 1.165) is 11.0 Å². The molecule has 0 radical (unpaired) electrons. The Balaban J connectivity index is 2.31. The molecular weight excluding hydrogens is 287 g/mol. The van der Waals surface area contributed by atoms with E-state index in [0.29, 0.717) is 10.6 Å². The third-order valence-corrected chi connectivity index (χ3v) is 3.59. The fourth-order valence-corrected chi connectivity index (χ4v) is 2.50. The van der Waals surface area contributed by atoms with E-state index in [1.165, 1.54) is 24.9 Å². The summed E-state index contributed by atoms with van der Waals surface area (Å²) in [5.74, 6) is -0.181. The first-order valence-corrected chi connectivity index (χ1v) is 6.50. The molecule has 2 aromatic rings. The Labute approximate surface area is 118 Å². The van der Waals surface area contributed by atoms with Crippen LogP contribution in [-0.2, 0) is 6.18 Å². The summed E-state index contributed by atoms with van der Waals surface area (Å²) in [6.45, 7) is 0. The number of nitrogens with two attached hydrogens (primary N) is 1. The van der Waals surface area contributed by atoms with Gasteiger partial charge in [0, 0.05) is 15.5 Å². The van der Waals surface area contributed by atoms with Crippen LogP contribution in [0, 0.1) is 0 Å². The predicted octanol–water partition coefficient (Wildman–Crippen LogP) is 4.45. The second kappa shape index (κ2) is 5.66. The van der Waals surface area contributed by atoms with Crippen molar-refractivity contribution in [2.75, 3.05) is 12.8 Å². The molecule has 0 bridgehead atoms. The van der Waals surface area contributed by atoms with E-state index in [4.69, 9.17) is 10.5 Å². The molecule has 0 atom stereocenters. The van der Waals surface area contributed by atoms with E-state index in [2.05, 4.69) is 0 Å². The summed E-state index contributed by atoms with van der Waals surface area (Å²) in [6, 6.07) is 10.9. The molecular formula is C14H12F3NOS. The second-order valence-electron chi connectivity index (χ2n) is 4.03. The van der Waals surface area contributed by atoms with Crippen molar-refractivity contribution in [3.63, 3.8) is 0 Å². The van der Waals surface area contributed by atoms with Gasteiger partial charge in [0.1, 0.15) is 5.75 Å². The molecule has 6 heteroatoms. The van der Waals surface area contributed by atoms with E-state index in [-0.39, 0.29) is 5.75 Å². The normalized spacial score (nSPS) is 11.4. The van der Waals surface area contributed by atoms with Crippen LogP contribution < -0.4 is 10.5 Å². The molecule has 20 heavy (non-hydrogen) atoms. The van der Waals surface area contributed by atoms with Gasteiger partial charge in [0.05, 0.1) is 12.7 Å².